The average molecular weight is 399 g/mol. The van der Waals surface area contributed by atoms with Gasteiger partial charge in [-0.2, -0.15) is 5.06 Å². The molecule has 0 heterocycles. The maximum atomic E-state index is 9.98. The maximum absolute atomic E-state index is 9.98. The fourth-order valence-electron chi connectivity index (χ4n) is 3.98. The van der Waals surface area contributed by atoms with Gasteiger partial charge in [-0.1, -0.05) is 60.7 Å². The number of hydrogen-bond acceptors (Lipinski definition) is 5. The zero-order chi connectivity index (χ0) is 20.5. The molecule has 1 atom stereocenters. The third-order valence-electron chi connectivity index (χ3n) is 5.81. The van der Waals surface area contributed by atoms with Crippen LogP contribution in [-0.2, 0) is 22.7 Å². The molecule has 158 valence electrons. The van der Waals surface area contributed by atoms with Crippen LogP contribution in [-0.4, -0.2) is 54.2 Å². The van der Waals surface area contributed by atoms with Gasteiger partial charge >= 0.3 is 0 Å². The molecule has 1 aliphatic carbocycles. The maximum Gasteiger partial charge on any atom is 0.152 e. The lowest BCUT2D eigenvalue weighted by Gasteiger charge is -2.37. The summed E-state index contributed by atoms with van der Waals surface area (Å²) in [5.41, 5.74) is 2.71. The van der Waals surface area contributed by atoms with Crippen molar-refractivity contribution in [3.8, 4) is 0 Å². The van der Waals surface area contributed by atoms with Crippen LogP contribution >= 0.6 is 0 Å². The minimum Gasteiger partial charge on any atom is -0.374 e. The van der Waals surface area contributed by atoms with Gasteiger partial charge in [-0.25, -0.2) is 0 Å². The smallest absolute Gasteiger partial charge is 0.152 e. The second-order valence-corrected chi connectivity index (χ2v) is 7.85. The lowest BCUT2D eigenvalue weighted by Crippen LogP contribution is -2.40. The molecule has 1 fully saturated rings. The van der Waals surface area contributed by atoms with Crippen LogP contribution in [0, 0.1) is 0 Å². The summed E-state index contributed by atoms with van der Waals surface area (Å²) >= 11 is 0. The molecule has 1 aliphatic rings. The van der Waals surface area contributed by atoms with E-state index in [-0.39, 0.29) is 12.7 Å². The standard InChI is InChI=1S/C24H34N2O3/c1-25(28-2)24(27)19-29-23-15-13-22(14-16-23)26(17-20-9-5-3-6-10-20)18-21-11-7-4-8-12-21/h3-12,22-24,27H,13-19H2,1-2H3/t22-,23-,24?. The van der Waals surface area contributed by atoms with E-state index in [1.54, 1.807) is 14.2 Å². The van der Waals surface area contributed by atoms with Crippen molar-refractivity contribution in [2.24, 2.45) is 0 Å². The van der Waals surface area contributed by atoms with E-state index in [1.807, 2.05) is 0 Å². The van der Waals surface area contributed by atoms with Crippen LogP contribution in [0.25, 0.3) is 0 Å². The van der Waals surface area contributed by atoms with Crippen molar-refractivity contribution in [1.29, 1.82) is 0 Å². The van der Waals surface area contributed by atoms with Crippen molar-refractivity contribution >= 4 is 0 Å². The lowest BCUT2D eigenvalue weighted by molar-refractivity contribution is -0.223. The first-order valence-corrected chi connectivity index (χ1v) is 10.5. The molecule has 0 saturated heterocycles. The van der Waals surface area contributed by atoms with Gasteiger partial charge in [-0.3, -0.25) is 9.74 Å². The van der Waals surface area contributed by atoms with E-state index in [4.69, 9.17) is 9.57 Å². The Balaban J connectivity index is 1.56. The van der Waals surface area contributed by atoms with Crippen molar-refractivity contribution in [2.75, 3.05) is 20.8 Å². The fourth-order valence-corrected chi connectivity index (χ4v) is 3.98. The van der Waals surface area contributed by atoms with Crippen LogP contribution in [0.1, 0.15) is 36.8 Å². The van der Waals surface area contributed by atoms with E-state index in [2.05, 4.69) is 65.6 Å². The highest BCUT2D eigenvalue weighted by Crippen LogP contribution is 2.28. The van der Waals surface area contributed by atoms with Gasteiger partial charge in [0, 0.05) is 26.2 Å². The van der Waals surface area contributed by atoms with Crippen molar-refractivity contribution in [1.82, 2.24) is 9.96 Å². The molecule has 29 heavy (non-hydrogen) atoms. The lowest BCUT2D eigenvalue weighted by atomic mass is 9.91. The molecule has 1 saturated carbocycles. The SMILES string of the molecule is CON(C)C(O)CO[C@H]1CC[C@H](N(Cc2ccccc2)Cc2ccccc2)CC1. The number of likely N-dealkylation sites (N-methyl/N-ethyl adjacent to an activating group) is 1. The van der Waals surface area contributed by atoms with Crippen LogP contribution in [0.3, 0.4) is 0 Å². The van der Waals surface area contributed by atoms with Gasteiger partial charge in [0.2, 0.25) is 0 Å². The van der Waals surface area contributed by atoms with E-state index in [0.717, 1.165) is 38.8 Å². The summed E-state index contributed by atoms with van der Waals surface area (Å²) in [6.07, 6.45) is 3.75. The Morgan fingerprint density at radius 2 is 1.41 bits per heavy atom. The average Bonchev–Trinajstić information content (AvgIpc) is 2.78. The molecule has 0 bridgehead atoms. The van der Waals surface area contributed by atoms with Crippen molar-refractivity contribution in [2.45, 2.75) is 57.1 Å². The zero-order valence-electron chi connectivity index (χ0n) is 17.6. The number of benzene rings is 2. The Morgan fingerprint density at radius 1 is 0.897 bits per heavy atom. The Bertz CT molecular complexity index is 648. The molecule has 1 unspecified atom stereocenters. The first kappa shape index (κ1) is 21.9. The van der Waals surface area contributed by atoms with E-state index in [9.17, 15) is 5.11 Å². The topological polar surface area (TPSA) is 45.2 Å². The number of aliphatic hydroxyl groups is 1. The largest absolute Gasteiger partial charge is 0.374 e. The first-order valence-electron chi connectivity index (χ1n) is 10.5. The molecule has 1 N–H and O–H groups in total. The first-order chi connectivity index (χ1) is 14.2. The van der Waals surface area contributed by atoms with Crippen LogP contribution < -0.4 is 0 Å². The highest BCUT2D eigenvalue weighted by molar-refractivity contribution is 5.17. The molecule has 5 heteroatoms. The quantitative estimate of drug-likeness (QED) is 0.487. The molecule has 0 spiro atoms. The molecule has 0 aliphatic heterocycles. The predicted octanol–water partition coefficient (Wildman–Crippen LogP) is 3.83. The Kier molecular flexibility index (Phi) is 8.65. The van der Waals surface area contributed by atoms with E-state index < -0.39 is 6.23 Å². The fraction of sp³-hybridized carbons (Fsp3) is 0.500. The second-order valence-electron chi connectivity index (χ2n) is 7.85. The third kappa shape index (κ3) is 6.91. The molecule has 2 aromatic carbocycles. The van der Waals surface area contributed by atoms with E-state index in [0.29, 0.717) is 6.04 Å². The van der Waals surface area contributed by atoms with Crippen LogP contribution in [0.5, 0.6) is 0 Å². The number of nitrogens with zero attached hydrogens (tertiary/aromatic N) is 2. The monoisotopic (exact) mass is 398 g/mol. The minimum atomic E-state index is -0.731. The molecule has 0 radical (unpaired) electrons. The summed E-state index contributed by atoms with van der Waals surface area (Å²) < 4.78 is 5.94. The predicted molar refractivity (Wildman–Crippen MR) is 115 cm³/mol. The van der Waals surface area contributed by atoms with Crippen LogP contribution in [0.2, 0.25) is 0 Å². The van der Waals surface area contributed by atoms with Gasteiger partial charge in [0.15, 0.2) is 6.23 Å². The molecule has 3 rings (SSSR count). The number of ether oxygens (including phenoxy) is 1. The number of hydrogen-bond donors (Lipinski definition) is 1. The van der Waals surface area contributed by atoms with Gasteiger partial charge in [0.05, 0.1) is 19.8 Å². The second kappa shape index (κ2) is 11.4. The Labute approximate surface area is 174 Å². The zero-order valence-corrected chi connectivity index (χ0v) is 17.6. The summed E-state index contributed by atoms with van der Waals surface area (Å²) in [5.74, 6) is 0. The van der Waals surface area contributed by atoms with E-state index in [1.165, 1.54) is 16.2 Å². The summed E-state index contributed by atoms with van der Waals surface area (Å²) in [6.45, 7) is 2.20. The number of aliphatic hydroxyl groups excluding tert-OH is 1. The third-order valence-corrected chi connectivity index (χ3v) is 5.81. The van der Waals surface area contributed by atoms with Crippen molar-refractivity contribution < 1.29 is 14.7 Å². The Hall–Kier alpha value is -1.76. The van der Waals surface area contributed by atoms with Crippen LogP contribution in [0.4, 0.5) is 0 Å². The molecule has 0 aromatic heterocycles. The summed E-state index contributed by atoms with van der Waals surface area (Å²) in [6, 6.07) is 22.0. The molecular weight excluding hydrogens is 364 g/mol. The van der Waals surface area contributed by atoms with Gasteiger partial charge in [-0.05, 0) is 36.8 Å². The van der Waals surface area contributed by atoms with E-state index >= 15 is 0 Å². The molecule has 2 aromatic rings. The summed E-state index contributed by atoms with van der Waals surface area (Å²) in [4.78, 5) is 7.62. The van der Waals surface area contributed by atoms with Gasteiger partial charge in [-0.15, -0.1) is 0 Å². The van der Waals surface area contributed by atoms with Gasteiger partial charge in [0.25, 0.3) is 0 Å². The van der Waals surface area contributed by atoms with Crippen molar-refractivity contribution in [3.05, 3.63) is 71.8 Å². The highest BCUT2D eigenvalue weighted by atomic mass is 16.7. The van der Waals surface area contributed by atoms with Gasteiger partial charge < -0.3 is 9.84 Å². The number of rotatable bonds is 10. The highest BCUT2D eigenvalue weighted by Gasteiger charge is 2.27. The Morgan fingerprint density at radius 3 is 1.90 bits per heavy atom. The minimum absolute atomic E-state index is 0.210. The molecule has 0 amide bonds. The molecular formula is C24H34N2O3. The molecule has 5 nitrogen and oxygen atoms in total. The van der Waals surface area contributed by atoms with Crippen LogP contribution in [0.15, 0.2) is 60.7 Å². The normalized spacial score (nSPS) is 20.9. The number of hydroxylamine groups is 2. The van der Waals surface area contributed by atoms with Gasteiger partial charge in [0.1, 0.15) is 0 Å². The van der Waals surface area contributed by atoms with Crippen molar-refractivity contribution in [3.63, 3.8) is 0 Å². The summed E-state index contributed by atoms with van der Waals surface area (Å²) in [7, 11) is 3.25. The summed E-state index contributed by atoms with van der Waals surface area (Å²) in [5, 5.41) is 11.4.